The van der Waals surface area contributed by atoms with Gasteiger partial charge in [-0.25, -0.2) is 0 Å². The van der Waals surface area contributed by atoms with Crippen molar-refractivity contribution in [3.05, 3.63) is 94.9 Å². The van der Waals surface area contributed by atoms with E-state index in [-0.39, 0.29) is 11.4 Å². The van der Waals surface area contributed by atoms with Crippen LogP contribution in [0.5, 0.6) is 11.5 Å². The van der Waals surface area contributed by atoms with Gasteiger partial charge in [0.1, 0.15) is 31.3 Å². The number of nitrogens with one attached hydrogen (secondary N) is 1. The molecule has 1 N–H and O–H groups in total. The minimum Gasteiger partial charge on any atom is -0.490 e. The molecule has 1 aliphatic heterocycles. The van der Waals surface area contributed by atoms with E-state index in [9.17, 15) is 14.4 Å². The van der Waals surface area contributed by atoms with Crippen molar-refractivity contribution in [3.8, 4) is 11.5 Å². The van der Waals surface area contributed by atoms with Crippen LogP contribution in [0.15, 0.2) is 83.8 Å². The van der Waals surface area contributed by atoms with Crippen LogP contribution in [0.2, 0.25) is 0 Å². The first kappa shape index (κ1) is 26.0. The predicted molar refractivity (Wildman–Crippen MR) is 146 cm³/mol. The first-order valence-corrected chi connectivity index (χ1v) is 12.8. The summed E-state index contributed by atoms with van der Waals surface area (Å²) in [5.74, 6) is 0.744. The lowest BCUT2D eigenvalue weighted by Crippen LogP contribution is -2.36. The zero-order chi connectivity index (χ0) is 26.2. The van der Waals surface area contributed by atoms with Crippen LogP contribution < -0.4 is 14.8 Å². The van der Waals surface area contributed by atoms with Crippen LogP contribution in [0, 0.1) is 0 Å². The Bertz CT molecular complexity index is 1290. The second-order valence-electron chi connectivity index (χ2n) is 8.64. The number of hydrogen-bond donors (Lipinski definition) is 1. The Balaban J connectivity index is 1.35. The lowest BCUT2D eigenvalue weighted by atomic mass is 10.0. The summed E-state index contributed by atoms with van der Waals surface area (Å²) in [7, 11) is 0. The van der Waals surface area contributed by atoms with Crippen molar-refractivity contribution >= 4 is 40.6 Å². The van der Waals surface area contributed by atoms with E-state index in [0.717, 1.165) is 28.0 Å². The van der Waals surface area contributed by atoms with Crippen LogP contribution in [-0.2, 0) is 9.59 Å². The highest BCUT2D eigenvalue weighted by molar-refractivity contribution is 8.18. The third-order valence-electron chi connectivity index (χ3n) is 5.59. The van der Waals surface area contributed by atoms with Crippen LogP contribution >= 0.6 is 11.8 Å². The molecule has 0 aromatic heterocycles. The molecule has 8 heteroatoms. The second kappa shape index (κ2) is 12.3. The van der Waals surface area contributed by atoms with Crippen molar-refractivity contribution in [2.45, 2.75) is 19.8 Å². The molecule has 1 aliphatic rings. The highest BCUT2D eigenvalue weighted by Crippen LogP contribution is 2.34. The Morgan fingerprint density at radius 3 is 2.32 bits per heavy atom. The van der Waals surface area contributed by atoms with Crippen LogP contribution in [-0.4, -0.2) is 41.7 Å². The lowest BCUT2D eigenvalue weighted by molar-refractivity contribution is -0.127. The quantitative estimate of drug-likeness (QED) is 0.265. The molecular formula is C29H28N2O5S. The smallest absolute Gasteiger partial charge is 0.294 e. The summed E-state index contributed by atoms with van der Waals surface area (Å²) >= 11 is 0.803. The summed E-state index contributed by atoms with van der Waals surface area (Å²) in [5, 5.41) is 2.25. The molecule has 0 aliphatic carbocycles. The molecule has 3 aromatic rings. The third-order valence-corrected chi connectivity index (χ3v) is 6.50. The molecule has 0 atom stereocenters. The van der Waals surface area contributed by atoms with Gasteiger partial charge in [0.05, 0.1) is 4.91 Å². The summed E-state index contributed by atoms with van der Waals surface area (Å²) in [6.07, 6.45) is 1.61. The Morgan fingerprint density at radius 1 is 0.919 bits per heavy atom. The second-order valence-corrected chi connectivity index (χ2v) is 9.63. The Morgan fingerprint density at radius 2 is 1.59 bits per heavy atom. The molecule has 0 bridgehead atoms. The first-order chi connectivity index (χ1) is 17.9. The molecule has 1 heterocycles. The van der Waals surface area contributed by atoms with Crippen molar-refractivity contribution in [1.82, 2.24) is 4.90 Å². The summed E-state index contributed by atoms with van der Waals surface area (Å²) in [5.41, 5.74) is 2.42. The van der Waals surface area contributed by atoms with E-state index in [0.29, 0.717) is 36.1 Å². The molecule has 0 radical (unpaired) electrons. The fourth-order valence-electron chi connectivity index (χ4n) is 3.63. The van der Waals surface area contributed by atoms with E-state index in [4.69, 9.17) is 9.47 Å². The minimum atomic E-state index is -0.512. The predicted octanol–water partition coefficient (Wildman–Crippen LogP) is 5.94. The highest BCUT2D eigenvalue weighted by Gasteiger charge is 2.36. The number of benzene rings is 3. The number of nitrogens with zero attached hydrogens (tertiary/aromatic N) is 1. The molecule has 0 unspecified atom stereocenters. The number of carbonyl (C=O) groups excluding carboxylic acids is 3. The van der Waals surface area contributed by atoms with Gasteiger partial charge in [-0.1, -0.05) is 62.4 Å². The summed E-state index contributed by atoms with van der Waals surface area (Å²) in [4.78, 5) is 39.2. The van der Waals surface area contributed by atoms with E-state index < -0.39 is 17.1 Å². The van der Waals surface area contributed by atoms with Gasteiger partial charge >= 0.3 is 0 Å². The summed E-state index contributed by atoms with van der Waals surface area (Å²) in [6.45, 7) is 4.48. The standard InChI is InChI=1S/C29H28N2O5S/c1-20(2)21-12-14-23(15-13-21)30-27(32)19-31-28(33)26(37-29(31)34)18-22-8-6-7-11-25(22)36-17-16-35-24-9-4-3-5-10-24/h3-15,18,20H,16-17,19H2,1-2H3,(H,30,32)/b26-18+. The van der Waals surface area contributed by atoms with Gasteiger partial charge < -0.3 is 14.8 Å². The van der Waals surface area contributed by atoms with Crippen molar-refractivity contribution in [3.63, 3.8) is 0 Å². The average Bonchev–Trinajstić information content (AvgIpc) is 3.15. The molecule has 0 saturated carbocycles. The first-order valence-electron chi connectivity index (χ1n) is 12.0. The lowest BCUT2D eigenvalue weighted by Gasteiger charge is -2.13. The monoisotopic (exact) mass is 516 g/mol. The van der Waals surface area contributed by atoms with Crippen LogP contribution in [0.3, 0.4) is 0 Å². The molecule has 3 aromatic carbocycles. The highest BCUT2D eigenvalue weighted by atomic mass is 32.2. The zero-order valence-electron chi connectivity index (χ0n) is 20.7. The average molecular weight is 517 g/mol. The van der Waals surface area contributed by atoms with E-state index in [1.165, 1.54) is 0 Å². The van der Waals surface area contributed by atoms with Crippen molar-refractivity contribution in [1.29, 1.82) is 0 Å². The molecule has 7 nitrogen and oxygen atoms in total. The van der Waals surface area contributed by atoms with Gasteiger partial charge in [0, 0.05) is 11.3 Å². The number of ether oxygens (including phenoxy) is 2. The molecule has 4 rings (SSSR count). The van der Waals surface area contributed by atoms with Crippen molar-refractivity contribution < 1.29 is 23.9 Å². The number of thioether (sulfide) groups is 1. The van der Waals surface area contributed by atoms with Crippen LogP contribution in [0.1, 0.15) is 30.9 Å². The largest absolute Gasteiger partial charge is 0.490 e. The van der Waals surface area contributed by atoms with Crippen LogP contribution in [0.4, 0.5) is 10.5 Å². The van der Waals surface area contributed by atoms with Gasteiger partial charge in [0.15, 0.2) is 0 Å². The van der Waals surface area contributed by atoms with E-state index in [1.54, 1.807) is 18.2 Å². The number of amides is 3. The number of hydrogen-bond acceptors (Lipinski definition) is 6. The summed E-state index contributed by atoms with van der Waals surface area (Å²) < 4.78 is 11.5. The molecule has 0 spiro atoms. The zero-order valence-corrected chi connectivity index (χ0v) is 21.5. The van der Waals surface area contributed by atoms with Gasteiger partial charge in [-0.05, 0) is 59.7 Å². The maximum Gasteiger partial charge on any atom is 0.294 e. The third kappa shape index (κ3) is 7.01. The number of anilines is 1. The number of imide groups is 1. The van der Waals surface area contributed by atoms with Crippen LogP contribution in [0.25, 0.3) is 6.08 Å². The fourth-order valence-corrected chi connectivity index (χ4v) is 4.46. The van der Waals surface area contributed by atoms with Gasteiger partial charge in [-0.15, -0.1) is 0 Å². The van der Waals surface area contributed by atoms with E-state index in [2.05, 4.69) is 19.2 Å². The van der Waals surface area contributed by atoms with E-state index in [1.807, 2.05) is 66.7 Å². The Kier molecular flexibility index (Phi) is 8.64. The molecule has 1 saturated heterocycles. The molecule has 3 amide bonds. The Hall–Kier alpha value is -4.04. The minimum absolute atomic E-state index is 0.232. The molecule has 37 heavy (non-hydrogen) atoms. The molecular weight excluding hydrogens is 488 g/mol. The van der Waals surface area contributed by atoms with Gasteiger partial charge in [0.25, 0.3) is 11.1 Å². The number of carbonyl (C=O) groups is 3. The van der Waals surface area contributed by atoms with Gasteiger partial charge in [-0.2, -0.15) is 0 Å². The molecule has 1 fully saturated rings. The normalized spacial score (nSPS) is 14.4. The van der Waals surface area contributed by atoms with E-state index >= 15 is 0 Å². The summed E-state index contributed by atoms with van der Waals surface area (Å²) in [6, 6.07) is 24.2. The number of rotatable bonds is 10. The topological polar surface area (TPSA) is 84.9 Å². The van der Waals surface area contributed by atoms with Gasteiger partial charge in [-0.3, -0.25) is 19.3 Å². The number of para-hydroxylation sites is 2. The molecule has 190 valence electrons. The Labute approximate surface area is 220 Å². The SMILES string of the molecule is CC(C)c1ccc(NC(=O)CN2C(=O)S/C(=C/c3ccccc3OCCOc3ccccc3)C2=O)cc1. The van der Waals surface area contributed by atoms with Crippen molar-refractivity contribution in [2.24, 2.45) is 0 Å². The fraction of sp³-hybridized carbons (Fsp3) is 0.207. The maximum atomic E-state index is 12.9. The maximum absolute atomic E-state index is 12.9. The van der Waals surface area contributed by atoms with Gasteiger partial charge in [0.2, 0.25) is 5.91 Å². The van der Waals surface area contributed by atoms with Crippen molar-refractivity contribution in [2.75, 3.05) is 25.1 Å².